The number of unbranched alkanes of at least 4 members (excludes halogenated alkanes) is 1. The van der Waals surface area contributed by atoms with E-state index < -0.39 is 23.7 Å². The summed E-state index contributed by atoms with van der Waals surface area (Å²) in [6.45, 7) is 2.22. The predicted octanol–water partition coefficient (Wildman–Crippen LogP) is 9.79. The Balaban J connectivity index is 1.50. The second-order valence-corrected chi connectivity index (χ2v) is 9.34. The third-order valence-corrected chi connectivity index (χ3v) is 6.83. The zero-order valence-corrected chi connectivity index (χ0v) is 20.1. The summed E-state index contributed by atoms with van der Waals surface area (Å²) in [6, 6.07) is 14.8. The molecule has 1 saturated carbocycles. The zero-order chi connectivity index (χ0) is 25.7. The number of hydrogen-bond acceptors (Lipinski definition) is 2. The summed E-state index contributed by atoms with van der Waals surface area (Å²) in [5.41, 5.74) is 2.23. The van der Waals surface area contributed by atoms with Gasteiger partial charge in [0.15, 0.2) is 11.6 Å². The highest BCUT2D eigenvalue weighted by Crippen LogP contribution is 2.40. The lowest BCUT2D eigenvalue weighted by atomic mass is 9.77. The van der Waals surface area contributed by atoms with E-state index in [0.717, 1.165) is 37.0 Å². The zero-order valence-electron chi connectivity index (χ0n) is 20.1. The van der Waals surface area contributed by atoms with E-state index in [4.69, 9.17) is 4.74 Å². The standard InChI is InChI=1S/C29H29F5O2/c1-2-3-4-19-5-7-20(8-6-19)21-9-11-22(12-10-21)25-17-18-26(30)27(31)28(25)35-23-13-15-24(16-14-23)36-29(32,33)34/h9-20H,2-8H2,1H3. The van der Waals surface area contributed by atoms with Gasteiger partial charge in [0.05, 0.1) is 0 Å². The summed E-state index contributed by atoms with van der Waals surface area (Å²) < 4.78 is 75.4. The van der Waals surface area contributed by atoms with Crippen LogP contribution in [0.4, 0.5) is 22.0 Å². The number of hydrogen-bond donors (Lipinski definition) is 0. The van der Waals surface area contributed by atoms with Crippen molar-refractivity contribution in [3.63, 3.8) is 0 Å². The van der Waals surface area contributed by atoms with E-state index in [0.29, 0.717) is 17.0 Å². The first-order chi connectivity index (χ1) is 17.2. The highest BCUT2D eigenvalue weighted by molar-refractivity contribution is 5.71. The van der Waals surface area contributed by atoms with Crippen LogP contribution in [0, 0.1) is 17.6 Å². The molecule has 0 heterocycles. The van der Waals surface area contributed by atoms with Crippen LogP contribution in [0.2, 0.25) is 0 Å². The van der Waals surface area contributed by atoms with Gasteiger partial charge in [0.25, 0.3) is 0 Å². The molecule has 0 unspecified atom stereocenters. The molecule has 1 aliphatic carbocycles. The van der Waals surface area contributed by atoms with Crippen molar-refractivity contribution in [2.24, 2.45) is 5.92 Å². The fourth-order valence-electron chi connectivity index (χ4n) is 4.90. The topological polar surface area (TPSA) is 18.5 Å². The summed E-state index contributed by atoms with van der Waals surface area (Å²) in [5.74, 6) is -1.66. The van der Waals surface area contributed by atoms with Crippen molar-refractivity contribution in [1.29, 1.82) is 0 Å². The summed E-state index contributed by atoms with van der Waals surface area (Å²) in [7, 11) is 0. The third-order valence-electron chi connectivity index (χ3n) is 6.83. The molecule has 1 fully saturated rings. The Morgan fingerprint density at radius 1 is 0.806 bits per heavy atom. The Morgan fingerprint density at radius 2 is 1.44 bits per heavy atom. The molecule has 0 saturated heterocycles. The van der Waals surface area contributed by atoms with Crippen LogP contribution in [0.15, 0.2) is 60.7 Å². The highest BCUT2D eigenvalue weighted by Gasteiger charge is 2.31. The minimum Gasteiger partial charge on any atom is -0.454 e. The third kappa shape index (κ3) is 6.56. The van der Waals surface area contributed by atoms with Crippen LogP contribution >= 0.6 is 0 Å². The van der Waals surface area contributed by atoms with Crippen LogP contribution in [0.5, 0.6) is 17.2 Å². The smallest absolute Gasteiger partial charge is 0.454 e. The van der Waals surface area contributed by atoms with Crippen LogP contribution < -0.4 is 9.47 Å². The summed E-state index contributed by atoms with van der Waals surface area (Å²) in [6.07, 6.45) is 3.77. The van der Waals surface area contributed by atoms with Crippen molar-refractivity contribution in [1.82, 2.24) is 0 Å². The number of rotatable bonds is 8. The second-order valence-electron chi connectivity index (χ2n) is 9.34. The van der Waals surface area contributed by atoms with Gasteiger partial charge in [-0.15, -0.1) is 13.2 Å². The average Bonchev–Trinajstić information content (AvgIpc) is 2.86. The van der Waals surface area contributed by atoms with Gasteiger partial charge in [-0.25, -0.2) is 4.39 Å². The maximum atomic E-state index is 14.8. The Morgan fingerprint density at radius 3 is 2.06 bits per heavy atom. The molecular weight excluding hydrogens is 475 g/mol. The molecule has 3 aromatic carbocycles. The van der Waals surface area contributed by atoms with Crippen molar-refractivity contribution >= 4 is 0 Å². The molecule has 7 heteroatoms. The van der Waals surface area contributed by atoms with Gasteiger partial charge in [-0.05, 0) is 85.0 Å². The molecule has 2 nitrogen and oxygen atoms in total. The molecule has 36 heavy (non-hydrogen) atoms. The van der Waals surface area contributed by atoms with Gasteiger partial charge in [-0.1, -0.05) is 50.5 Å². The van der Waals surface area contributed by atoms with E-state index in [-0.39, 0.29) is 11.5 Å². The first kappa shape index (κ1) is 26.0. The maximum absolute atomic E-state index is 14.8. The van der Waals surface area contributed by atoms with Crippen LogP contribution in [-0.2, 0) is 0 Å². The normalized spacial score (nSPS) is 18.2. The molecule has 0 radical (unpaired) electrons. The Kier molecular flexibility index (Phi) is 8.17. The number of ether oxygens (including phenoxy) is 2. The van der Waals surface area contributed by atoms with Crippen LogP contribution in [-0.4, -0.2) is 6.36 Å². The molecule has 0 aliphatic heterocycles. The van der Waals surface area contributed by atoms with Crippen LogP contribution in [0.1, 0.15) is 63.4 Å². The molecular formula is C29H29F5O2. The van der Waals surface area contributed by atoms with Crippen molar-refractivity contribution in [3.8, 4) is 28.4 Å². The minimum atomic E-state index is -4.83. The lowest BCUT2D eigenvalue weighted by Crippen LogP contribution is -2.16. The van der Waals surface area contributed by atoms with E-state index in [1.54, 1.807) is 0 Å². The van der Waals surface area contributed by atoms with E-state index in [2.05, 4.69) is 11.7 Å². The van der Waals surface area contributed by atoms with Crippen molar-refractivity contribution in [2.75, 3.05) is 0 Å². The SMILES string of the molecule is CCCCC1CCC(c2ccc(-c3ccc(F)c(F)c3Oc3ccc(OC(F)(F)F)cc3)cc2)CC1. The molecule has 192 valence electrons. The van der Waals surface area contributed by atoms with Gasteiger partial charge in [0, 0.05) is 5.56 Å². The quantitative estimate of drug-likeness (QED) is 0.284. The van der Waals surface area contributed by atoms with Gasteiger partial charge in [-0.2, -0.15) is 4.39 Å². The maximum Gasteiger partial charge on any atom is 0.573 e. The van der Waals surface area contributed by atoms with E-state index >= 15 is 0 Å². The molecule has 0 amide bonds. The number of alkyl halides is 3. The monoisotopic (exact) mass is 504 g/mol. The van der Waals surface area contributed by atoms with E-state index in [1.807, 2.05) is 24.3 Å². The molecule has 0 aromatic heterocycles. The van der Waals surface area contributed by atoms with Gasteiger partial charge >= 0.3 is 6.36 Å². The molecule has 1 aliphatic rings. The van der Waals surface area contributed by atoms with Gasteiger partial charge in [0.2, 0.25) is 5.82 Å². The molecule has 0 bridgehead atoms. The van der Waals surface area contributed by atoms with Crippen molar-refractivity contribution < 1.29 is 31.4 Å². The van der Waals surface area contributed by atoms with E-state index in [9.17, 15) is 22.0 Å². The second kappa shape index (κ2) is 11.3. The fraction of sp³-hybridized carbons (Fsp3) is 0.379. The highest BCUT2D eigenvalue weighted by atomic mass is 19.4. The summed E-state index contributed by atoms with van der Waals surface area (Å²) in [4.78, 5) is 0. The summed E-state index contributed by atoms with van der Waals surface area (Å²) in [5, 5.41) is 0. The fourth-order valence-corrected chi connectivity index (χ4v) is 4.90. The van der Waals surface area contributed by atoms with Crippen LogP contribution in [0.3, 0.4) is 0 Å². The van der Waals surface area contributed by atoms with E-state index in [1.165, 1.54) is 55.9 Å². The first-order valence-corrected chi connectivity index (χ1v) is 12.4. The molecule has 3 aromatic rings. The lowest BCUT2D eigenvalue weighted by molar-refractivity contribution is -0.274. The van der Waals surface area contributed by atoms with Gasteiger partial charge < -0.3 is 9.47 Å². The number of halogens is 5. The van der Waals surface area contributed by atoms with Gasteiger partial charge in [0.1, 0.15) is 11.5 Å². The molecule has 0 N–H and O–H groups in total. The Hall–Kier alpha value is -3.09. The number of benzene rings is 3. The average molecular weight is 505 g/mol. The first-order valence-electron chi connectivity index (χ1n) is 12.4. The molecule has 4 rings (SSSR count). The van der Waals surface area contributed by atoms with Gasteiger partial charge in [-0.3, -0.25) is 0 Å². The minimum absolute atomic E-state index is 0.0479. The Labute approximate surface area is 208 Å². The van der Waals surface area contributed by atoms with Crippen molar-refractivity contribution in [3.05, 3.63) is 77.9 Å². The Bertz CT molecular complexity index is 1130. The largest absolute Gasteiger partial charge is 0.573 e. The summed E-state index contributed by atoms with van der Waals surface area (Å²) >= 11 is 0. The molecule has 0 atom stereocenters. The van der Waals surface area contributed by atoms with Crippen LogP contribution in [0.25, 0.3) is 11.1 Å². The predicted molar refractivity (Wildman–Crippen MR) is 129 cm³/mol. The molecule has 0 spiro atoms. The lowest BCUT2D eigenvalue weighted by Gasteiger charge is -2.29. The van der Waals surface area contributed by atoms with Crippen molar-refractivity contribution in [2.45, 2.75) is 64.1 Å².